The summed E-state index contributed by atoms with van der Waals surface area (Å²) in [5.74, 6) is 0.387. The molecular weight excluding hydrogens is 503 g/mol. The fourth-order valence-corrected chi connectivity index (χ4v) is 6.82. The number of likely N-dealkylation sites (tertiary alicyclic amines) is 1. The molecule has 1 aromatic carbocycles. The number of aromatic nitrogens is 3. The van der Waals surface area contributed by atoms with Crippen LogP contribution in [0.2, 0.25) is 0 Å². The molecule has 3 aliphatic rings. The molecule has 2 saturated heterocycles. The second-order valence-corrected chi connectivity index (χ2v) is 11.0. The van der Waals surface area contributed by atoms with Gasteiger partial charge in [-0.2, -0.15) is 23.8 Å². The van der Waals surface area contributed by atoms with E-state index in [1.54, 1.807) is 16.2 Å². The molecule has 2 aliphatic heterocycles. The lowest BCUT2D eigenvalue weighted by molar-refractivity contribution is -0.142. The Kier molecular flexibility index (Phi) is 6.32. The lowest BCUT2D eigenvalue weighted by Gasteiger charge is -2.31. The number of thiazole rings is 1. The van der Waals surface area contributed by atoms with Crippen LogP contribution in [-0.2, 0) is 28.8 Å². The van der Waals surface area contributed by atoms with E-state index in [0.717, 1.165) is 47.1 Å². The lowest BCUT2D eigenvalue weighted by atomic mass is 9.78. The normalized spacial score (nSPS) is 24.2. The second-order valence-electron chi connectivity index (χ2n) is 10.1. The minimum absolute atomic E-state index is 0.0417. The van der Waals surface area contributed by atoms with E-state index in [9.17, 15) is 18.0 Å². The zero-order valence-electron chi connectivity index (χ0n) is 20.4. The van der Waals surface area contributed by atoms with Crippen LogP contribution < -0.4 is 5.48 Å². The first kappa shape index (κ1) is 24.6. The van der Waals surface area contributed by atoms with Crippen LogP contribution in [0.5, 0.6) is 0 Å². The molecule has 37 heavy (non-hydrogen) atoms. The van der Waals surface area contributed by atoms with Crippen LogP contribution in [-0.4, -0.2) is 38.7 Å². The Bertz CT molecular complexity index is 1300. The maximum atomic E-state index is 12.9. The molecule has 4 heterocycles. The third kappa shape index (κ3) is 4.68. The Labute approximate surface area is 216 Å². The number of halogens is 3. The highest BCUT2D eigenvalue weighted by molar-refractivity contribution is 7.09. The van der Waals surface area contributed by atoms with Gasteiger partial charge in [-0.25, -0.2) is 4.98 Å². The number of amides is 1. The predicted octanol–water partition coefficient (Wildman–Crippen LogP) is 4.95. The molecule has 0 saturated carbocycles. The molecule has 3 atom stereocenters. The van der Waals surface area contributed by atoms with Crippen molar-refractivity contribution in [3.8, 4) is 0 Å². The van der Waals surface area contributed by atoms with Crippen molar-refractivity contribution in [1.29, 1.82) is 0 Å². The molecule has 0 radical (unpaired) electrons. The molecular formula is C26H28F3N5O2S. The first-order chi connectivity index (χ1) is 17.8. The number of nitrogens with zero attached hydrogens (tertiary/aromatic N) is 4. The molecule has 2 fully saturated rings. The molecule has 2 aromatic heterocycles. The highest BCUT2D eigenvalue weighted by Gasteiger charge is 2.43. The standard InChI is InChI=1S/C26H28F3N5O2S/c1-15-12-21(26(27,28)29)31-34(15)13-22(35)33-10-8-17(9-11-33)25-30-20(14-37-25)23-19-7-6-16-4-2-3-5-18(16)24(19)36-32-23/h2-5,12,14,17,19,23-24,32H,6-11,13H2,1H3/t19-,23?,24-/m0/s1. The van der Waals surface area contributed by atoms with E-state index in [-0.39, 0.29) is 30.5 Å². The predicted molar refractivity (Wildman–Crippen MR) is 131 cm³/mol. The molecule has 7 nitrogen and oxygen atoms in total. The van der Waals surface area contributed by atoms with E-state index in [2.05, 4.69) is 40.2 Å². The molecule has 1 unspecified atom stereocenters. The SMILES string of the molecule is Cc1cc(C(F)(F)F)nn1CC(=O)N1CCC(c2nc(C3NO[C@H]4c5ccccc5CC[C@@H]34)cs2)CC1. The van der Waals surface area contributed by atoms with Crippen molar-refractivity contribution in [3.05, 3.63) is 68.9 Å². The van der Waals surface area contributed by atoms with Crippen LogP contribution in [0.1, 0.15) is 70.5 Å². The van der Waals surface area contributed by atoms with Gasteiger partial charge in [0, 0.05) is 36.0 Å². The number of piperidine rings is 1. The van der Waals surface area contributed by atoms with Gasteiger partial charge in [0.05, 0.1) is 16.7 Å². The van der Waals surface area contributed by atoms with Crippen LogP contribution in [0.4, 0.5) is 13.2 Å². The summed E-state index contributed by atoms with van der Waals surface area (Å²) in [4.78, 5) is 25.5. The van der Waals surface area contributed by atoms with Crippen LogP contribution in [0.15, 0.2) is 35.7 Å². The zero-order valence-corrected chi connectivity index (χ0v) is 21.2. The molecule has 6 rings (SSSR count). The van der Waals surface area contributed by atoms with E-state index in [1.165, 1.54) is 18.1 Å². The topological polar surface area (TPSA) is 72.3 Å². The average Bonchev–Trinajstić information content (AvgIpc) is 3.62. The largest absolute Gasteiger partial charge is 0.435 e. The number of aryl methyl sites for hydroxylation is 2. The van der Waals surface area contributed by atoms with Crippen molar-refractivity contribution in [2.45, 2.75) is 63.4 Å². The van der Waals surface area contributed by atoms with Crippen molar-refractivity contribution in [2.24, 2.45) is 5.92 Å². The maximum Gasteiger partial charge on any atom is 0.435 e. The zero-order chi connectivity index (χ0) is 25.7. The van der Waals surface area contributed by atoms with Gasteiger partial charge in [-0.05, 0) is 49.8 Å². The summed E-state index contributed by atoms with van der Waals surface area (Å²) in [7, 11) is 0. The van der Waals surface area contributed by atoms with Gasteiger partial charge in [0.15, 0.2) is 5.69 Å². The van der Waals surface area contributed by atoms with Gasteiger partial charge in [-0.1, -0.05) is 24.3 Å². The molecule has 196 valence electrons. The number of carbonyl (C=O) groups excluding carboxylic acids is 1. The smallest absolute Gasteiger partial charge is 0.341 e. The quantitative estimate of drug-likeness (QED) is 0.516. The first-order valence-electron chi connectivity index (χ1n) is 12.6. The highest BCUT2D eigenvalue weighted by Crippen LogP contribution is 2.47. The summed E-state index contributed by atoms with van der Waals surface area (Å²) in [5, 5.41) is 6.77. The fourth-order valence-electron chi connectivity index (χ4n) is 5.79. The van der Waals surface area contributed by atoms with Crippen LogP contribution in [0, 0.1) is 12.8 Å². The van der Waals surface area contributed by atoms with E-state index >= 15 is 0 Å². The van der Waals surface area contributed by atoms with Gasteiger partial charge < -0.3 is 4.90 Å². The lowest BCUT2D eigenvalue weighted by Crippen LogP contribution is -2.40. The molecule has 0 bridgehead atoms. The number of hydrogen-bond acceptors (Lipinski definition) is 6. The third-order valence-electron chi connectivity index (χ3n) is 7.86. The summed E-state index contributed by atoms with van der Waals surface area (Å²) in [5.41, 5.74) is 6.23. The Hall–Kier alpha value is -2.76. The average molecular weight is 532 g/mol. The molecule has 1 aliphatic carbocycles. The number of alkyl halides is 3. The van der Waals surface area contributed by atoms with Crippen molar-refractivity contribution in [3.63, 3.8) is 0 Å². The van der Waals surface area contributed by atoms with Crippen LogP contribution in [0.25, 0.3) is 0 Å². The number of hydrogen-bond donors (Lipinski definition) is 1. The van der Waals surface area contributed by atoms with Gasteiger partial charge in [0.1, 0.15) is 12.6 Å². The number of benzene rings is 1. The van der Waals surface area contributed by atoms with E-state index in [1.807, 2.05) is 0 Å². The third-order valence-corrected chi connectivity index (χ3v) is 8.88. The van der Waals surface area contributed by atoms with Crippen molar-refractivity contribution < 1.29 is 22.8 Å². The number of rotatable bonds is 4. The first-order valence-corrected chi connectivity index (χ1v) is 13.5. The Balaban J connectivity index is 1.06. The van der Waals surface area contributed by atoms with Gasteiger partial charge in [-0.3, -0.25) is 14.3 Å². The number of hydroxylamine groups is 1. The van der Waals surface area contributed by atoms with Crippen molar-refractivity contribution in [1.82, 2.24) is 25.1 Å². The van der Waals surface area contributed by atoms with E-state index in [4.69, 9.17) is 9.82 Å². The van der Waals surface area contributed by atoms with Crippen LogP contribution in [0.3, 0.4) is 0 Å². The van der Waals surface area contributed by atoms with Gasteiger partial charge in [0.2, 0.25) is 5.91 Å². The Morgan fingerprint density at radius 1 is 1.22 bits per heavy atom. The van der Waals surface area contributed by atoms with Gasteiger partial charge in [-0.15, -0.1) is 11.3 Å². The minimum Gasteiger partial charge on any atom is -0.341 e. The summed E-state index contributed by atoms with van der Waals surface area (Å²) in [6.07, 6.45) is -0.839. The summed E-state index contributed by atoms with van der Waals surface area (Å²) in [6, 6.07) is 9.50. The fraction of sp³-hybridized carbons (Fsp3) is 0.500. The monoisotopic (exact) mass is 531 g/mol. The highest BCUT2D eigenvalue weighted by atomic mass is 32.1. The van der Waals surface area contributed by atoms with Gasteiger partial charge >= 0.3 is 6.18 Å². The second kappa shape index (κ2) is 9.52. The molecule has 1 amide bonds. The van der Waals surface area contributed by atoms with Crippen molar-refractivity contribution >= 4 is 17.2 Å². The van der Waals surface area contributed by atoms with Gasteiger partial charge in [0.25, 0.3) is 0 Å². The minimum atomic E-state index is -4.52. The number of carbonyl (C=O) groups is 1. The maximum absolute atomic E-state index is 12.9. The summed E-state index contributed by atoms with van der Waals surface area (Å²) >= 11 is 1.66. The summed E-state index contributed by atoms with van der Waals surface area (Å²) in [6.45, 7) is 2.45. The van der Waals surface area contributed by atoms with E-state index < -0.39 is 11.9 Å². The molecule has 0 spiro atoms. The number of nitrogens with one attached hydrogen (secondary N) is 1. The Morgan fingerprint density at radius 3 is 2.76 bits per heavy atom. The summed E-state index contributed by atoms with van der Waals surface area (Å²) < 4.78 is 39.9. The molecule has 11 heteroatoms. The molecule has 3 aromatic rings. The Morgan fingerprint density at radius 2 is 2.00 bits per heavy atom. The van der Waals surface area contributed by atoms with E-state index in [0.29, 0.717) is 24.7 Å². The van der Waals surface area contributed by atoms with Crippen LogP contribution >= 0.6 is 11.3 Å². The number of fused-ring (bicyclic) bond motifs is 3. The van der Waals surface area contributed by atoms with Crippen molar-refractivity contribution in [2.75, 3.05) is 13.1 Å². The molecule has 1 N–H and O–H groups in total.